The van der Waals surface area contributed by atoms with Gasteiger partial charge in [-0.2, -0.15) is 0 Å². The van der Waals surface area contributed by atoms with Gasteiger partial charge in [-0.05, 0) is 25.5 Å². The van der Waals surface area contributed by atoms with Crippen molar-refractivity contribution >= 4 is 17.8 Å². The second-order valence-corrected chi connectivity index (χ2v) is 7.82. The Bertz CT molecular complexity index is 1110. The normalized spacial score (nSPS) is 11.4. The van der Waals surface area contributed by atoms with Gasteiger partial charge in [-0.1, -0.05) is 78.5 Å². The van der Waals surface area contributed by atoms with Gasteiger partial charge in [0.1, 0.15) is 5.82 Å². The van der Waals surface area contributed by atoms with Gasteiger partial charge < -0.3 is 4.57 Å². The summed E-state index contributed by atoms with van der Waals surface area (Å²) in [5.74, 6) is 2.62. The Kier molecular flexibility index (Phi) is 6.44. The van der Waals surface area contributed by atoms with Crippen LogP contribution in [0.1, 0.15) is 31.1 Å². The molecule has 0 amide bonds. The van der Waals surface area contributed by atoms with Crippen molar-refractivity contribution in [1.29, 1.82) is 0 Å². The van der Waals surface area contributed by atoms with E-state index >= 15 is 0 Å². The largest absolute Gasteiger partial charge is 0.329 e. The molecule has 30 heavy (non-hydrogen) atoms. The Balaban J connectivity index is 1.60. The van der Waals surface area contributed by atoms with E-state index < -0.39 is 0 Å². The summed E-state index contributed by atoms with van der Waals surface area (Å²) in [5, 5.41) is 5.40. The highest BCUT2D eigenvalue weighted by molar-refractivity contribution is 7.98. The Morgan fingerprint density at radius 1 is 0.967 bits per heavy atom. The molecule has 0 aliphatic heterocycles. The maximum Gasteiger partial charge on any atom is 0.209 e. The van der Waals surface area contributed by atoms with Gasteiger partial charge in [-0.3, -0.25) is 0 Å². The zero-order valence-electron chi connectivity index (χ0n) is 17.3. The van der Waals surface area contributed by atoms with Crippen LogP contribution < -0.4 is 0 Å². The summed E-state index contributed by atoms with van der Waals surface area (Å²) in [6.07, 6.45) is 6.12. The smallest absolute Gasteiger partial charge is 0.209 e. The first-order valence-electron chi connectivity index (χ1n) is 10.1. The first kappa shape index (κ1) is 20.2. The average Bonchev–Trinajstić information content (AvgIpc) is 3.37. The van der Waals surface area contributed by atoms with Crippen molar-refractivity contribution in [3.8, 4) is 11.3 Å². The molecule has 4 rings (SSSR count). The lowest BCUT2D eigenvalue weighted by Crippen LogP contribution is -2.03. The lowest BCUT2D eigenvalue weighted by Gasteiger charge is -2.07. The maximum absolute atomic E-state index is 4.94. The van der Waals surface area contributed by atoms with Crippen molar-refractivity contribution < 1.29 is 0 Å². The van der Waals surface area contributed by atoms with E-state index in [2.05, 4.69) is 64.2 Å². The Labute approximate surface area is 181 Å². The lowest BCUT2D eigenvalue weighted by atomic mass is 10.2. The van der Waals surface area contributed by atoms with Crippen LogP contribution in [0.5, 0.6) is 0 Å². The van der Waals surface area contributed by atoms with Gasteiger partial charge in [0.25, 0.3) is 0 Å². The number of allylic oxidation sites excluding steroid dienone is 1. The number of aryl methyl sites for hydroxylation is 1. The SMILES string of the molecule is C/C=C\c1nc(SCc2nc(-c3ccccc3)cn2Cc2ccccc2)nn1CC. The molecule has 0 aliphatic carbocycles. The van der Waals surface area contributed by atoms with Gasteiger partial charge in [0, 0.05) is 24.8 Å². The fourth-order valence-electron chi connectivity index (χ4n) is 3.26. The second kappa shape index (κ2) is 9.59. The second-order valence-electron chi connectivity index (χ2n) is 6.88. The Hall–Kier alpha value is -3.12. The molecule has 0 spiro atoms. The average molecular weight is 416 g/mol. The van der Waals surface area contributed by atoms with Crippen LogP contribution in [0, 0.1) is 0 Å². The van der Waals surface area contributed by atoms with Crippen molar-refractivity contribution in [3.05, 3.63) is 90.1 Å². The van der Waals surface area contributed by atoms with E-state index in [1.165, 1.54) is 5.56 Å². The van der Waals surface area contributed by atoms with Crippen molar-refractivity contribution in [2.24, 2.45) is 0 Å². The van der Waals surface area contributed by atoms with Gasteiger partial charge in [0.2, 0.25) is 5.16 Å². The van der Waals surface area contributed by atoms with Crippen LogP contribution in [0.4, 0.5) is 0 Å². The van der Waals surface area contributed by atoms with E-state index in [1.54, 1.807) is 11.8 Å². The lowest BCUT2D eigenvalue weighted by molar-refractivity contribution is 0.636. The number of nitrogens with zero attached hydrogens (tertiary/aromatic N) is 5. The minimum Gasteiger partial charge on any atom is -0.329 e. The van der Waals surface area contributed by atoms with Crippen LogP contribution in [0.3, 0.4) is 0 Å². The molecule has 0 N–H and O–H groups in total. The molecule has 0 unspecified atom stereocenters. The monoisotopic (exact) mass is 415 g/mol. The summed E-state index contributed by atoms with van der Waals surface area (Å²) < 4.78 is 4.16. The molecule has 0 saturated heterocycles. The van der Waals surface area contributed by atoms with E-state index in [0.29, 0.717) is 5.75 Å². The molecule has 6 heteroatoms. The molecule has 2 aromatic carbocycles. The summed E-state index contributed by atoms with van der Waals surface area (Å²) in [6, 6.07) is 20.8. The molecule has 0 fully saturated rings. The van der Waals surface area contributed by atoms with Gasteiger partial charge >= 0.3 is 0 Å². The molecule has 152 valence electrons. The predicted molar refractivity (Wildman–Crippen MR) is 123 cm³/mol. The molecule has 4 aromatic rings. The minimum absolute atomic E-state index is 0.711. The number of hydrogen-bond donors (Lipinski definition) is 0. The summed E-state index contributed by atoms with van der Waals surface area (Å²) in [4.78, 5) is 9.60. The predicted octanol–water partition coefficient (Wildman–Crippen LogP) is 5.54. The Morgan fingerprint density at radius 3 is 2.40 bits per heavy atom. The Morgan fingerprint density at radius 2 is 1.70 bits per heavy atom. The molecule has 0 radical (unpaired) electrons. The van der Waals surface area contributed by atoms with E-state index in [9.17, 15) is 0 Å². The summed E-state index contributed by atoms with van der Waals surface area (Å²) in [7, 11) is 0. The number of hydrogen-bond acceptors (Lipinski definition) is 4. The van der Waals surface area contributed by atoms with Gasteiger partial charge in [-0.15, -0.1) is 5.10 Å². The third-order valence-electron chi connectivity index (χ3n) is 4.75. The van der Waals surface area contributed by atoms with E-state index in [0.717, 1.165) is 41.2 Å². The van der Waals surface area contributed by atoms with Gasteiger partial charge in [0.05, 0.1) is 11.4 Å². The minimum atomic E-state index is 0.711. The number of aromatic nitrogens is 5. The van der Waals surface area contributed by atoms with Crippen LogP contribution in [0.15, 0.2) is 78.1 Å². The molecule has 0 aliphatic rings. The fourth-order valence-corrected chi connectivity index (χ4v) is 4.07. The summed E-state index contributed by atoms with van der Waals surface area (Å²) in [6.45, 7) is 5.66. The standard InChI is InChI=1S/C24H25N5S/c1-3-11-22-26-24(27-29(22)4-2)30-18-23-25-21(20-14-9-6-10-15-20)17-28(23)16-19-12-7-5-8-13-19/h3,5-15,17H,4,16,18H2,1-2H3/b11-3-. The van der Waals surface area contributed by atoms with Crippen LogP contribution in [-0.4, -0.2) is 24.3 Å². The van der Waals surface area contributed by atoms with Crippen LogP contribution in [-0.2, 0) is 18.8 Å². The van der Waals surface area contributed by atoms with Crippen LogP contribution >= 0.6 is 11.8 Å². The summed E-state index contributed by atoms with van der Waals surface area (Å²) >= 11 is 1.62. The zero-order chi connectivity index (χ0) is 20.8. The van der Waals surface area contributed by atoms with Gasteiger partial charge in [0.15, 0.2) is 5.82 Å². The fraction of sp³-hybridized carbons (Fsp3) is 0.208. The van der Waals surface area contributed by atoms with E-state index in [4.69, 9.17) is 4.98 Å². The molecule has 0 atom stereocenters. The van der Waals surface area contributed by atoms with E-state index in [1.807, 2.05) is 48.0 Å². The van der Waals surface area contributed by atoms with Gasteiger partial charge in [-0.25, -0.2) is 14.6 Å². The van der Waals surface area contributed by atoms with Crippen molar-refractivity contribution in [2.45, 2.75) is 37.8 Å². The third kappa shape index (κ3) is 4.71. The number of rotatable bonds is 8. The molecular weight excluding hydrogens is 390 g/mol. The van der Waals surface area contributed by atoms with E-state index in [-0.39, 0.29) is 0 Å². The number of imidazole rings is 1. The van der Waals surface area contributed by atoms with Crippen molar-refractivity contribution in [2.75, 3.05) is 0 Å². The maximum atomic E-state index is 4.94. The molecule has 5 nitrogen and oxygen atoms in total. The summed E-state index contributed by atoms with van der Waals surface area (Å²) in [5.41, 5.74) is 3.37. The van der Waals surface area contributed by atoms with Crippen molar-refractivity contribution in [1.82, 2.24) is 24.3 Å². The molecule has 2 heterocycles. The first-order chi connectivity index (χ1) is 14.8. The molecule has 2 aromatic heterocycles. The topological polar surface area (TPSA) is 48.5 Å². The zero-order valence-corrected chi connectivity index (χ0v) is 18.1. The highest BCUT2D eigenvalue weighted by atomic mass is 32.2. The van der Waals surface area contributed by atoms with Crippen LogP contribution in [0.25, 0.3) is 17.3 Å². The highest BCUT2D eigenvalue weighted by Gasteiger charge is 2.13. The molecular formula is C24H25N5S. The quantitative estimate of drug-likeness (QED) is 0.355. The molecule has 0 bridgehead atoms. The highest BCUT2D eigenvalue weighted by Crippen LogP contribution is 2.24. The number of thioether (sulfide) groups is 1. The van der Waals surface area contributed by atoms with Crippen LogP contribution in [0.2, 0.25) is 0 Å². The number of benzene rings is 2. The van der Waals surface area contributed by atoms with Crippen molar-refractivity contribution in [3.63, 3.8) is 0 Å². The third-order valence-corrected chi connectivity index (χ3v) is 5.58. The first-order valence-corrected chi connectivity index (χ1v) is 11.1. The molecule has 0 saturated carbocycles.